The van der Waals surface area contributed by atoms with Crippen LogP contribution in [0.15, 0.2) is 12.2 Å². The number of hydrogen-bond acceptors (Lipinski definition) is 3. The number of nitrogens with zero attached hydrogens (tertiary/aromatic N) is 2. The van der Waals surface area contributed by atoms with Crippen molar-refractivity contribution >= 4 is 17.3 Å². The average Bonchev–Trinajstić information content (AvgIpc) is 3.37. The van der Waals surface area contributed by atoms with E-state index in [0.717, 1.165) is 57.0 Å². The summed E-state index contributed by atoms with van der Waals surface area (Å²) in [5.41, 5.74) is 0. The maximum Gasteiger partial charge on any atom is 0.169 e. The molecule has 2 aliphatic carbocycles. The summed E-state index contributed by atoms with van der Waals surface area (Å²) >= 11 is 5.68. The van der Waals surface area contributed by atoms with Crippen molar-refractivity contribution in [1.29, 1.82) is 0 Å². The van der Waals surface area contributed by atoms with Crippen LogP contribution in [0.4, 0.5) is 0 Å². The standard InChI is InChI=1S/C17H29N3OS/c22-17(18-16-6-7-16)20(14-15-4-2-1-3-5-15)9-8-19-10-12-21-13-11-19/h1-2,15-16H,3-14H2,(H,18,22). The SMILES string of the molecule is S=C(NC1CC1)N(CCN1CCOCC1)CC1CC=CCC1. The molecule has 22 heavy (non-hydrogen) atoms. The maximum absolute atomic E-state index is 5.68. The zero-order valence-electron chi connectivity index (χ0n) is 13.5. The lowest BCUT2D eigenvalue weighted by Gasteiger charge is -2.34. The molecular weight excluding hydrogens is 294 g/mol. The molecule has 1 N–H and O–H groups in total. The Morgan fingerprint density at radius 3 is 2.73 bits per heavy atom. The molecule has 0 amide bonds. The Labute approximate surface area is 139 Å². The van der Waals surface area contributed by atoms with Crippen molar-refractivity contribution in [1.82, 2.24) is 15.1 Å². The first-order valence-corrected chi connectivity index (χ1v) is 9.22. The first-order valence-electron chi connectivity index (χ1n) is 8.82. The molecule has 5 heteroatoms. The van der Waals surface area contributed by atoms with E-state index >= 15 is 0 Å². The van der Waals surface area contributed by atoms with Crippen molar-refractivity contribution < 1.29 is 4.74 Å². The Kier molecular flexibility index (Phi) is 6.10. The van der Waals surface area contributed by atoms with Gasteiger partial charge in [-0.05, 0) is 50.2 Å². The van der Waals surface area contributed by atoms with Crippen LogP contribution < -0.4 is 5.32 Å². The average molecular weight is 324 g/mol. The molecule has 3 aliphatic rings. The van der Waals surface area contributed by atoms with E-state index in [0.29, 0.717) is 6.04 Å². The minimum Gasteiger partial charge on any atom is -0.379 e. The normalized spacial score (nSPS) is 25.9. The third kappa shape index (κ3) is 5.21. The second-order valence-electron chi connectivity index (χ2n) is 6.77. The van der Waals surface area contributed by atoms with Crippen LogP contribution in [0.2, 0.25) is 0 Å². The van der Waals surface area contributed by atoms with Crippen molar-refractivity contribution in [3.63, 3.8) is 0 Å². The minimum atomic E-state index is 0.643. The lowest BCUT2D eigenvalue weighted by molar-refractivity contribution is 0.0355. The molecule has 3 rings (SSSR count). The van der Waals surface area contributed by atoms with Crippen LogP contribution in [-0.2, 0) is 4.74 Å². The van der Waals surface area contributed by atoms with Crippen LogP contribution in [0.25, 0.3) is 0 Å². The van der Waals surface area contributed by atoms with Crippen LogP contribution in [0.5, 0.6) is 0 Å². The second-order valence-corrected chi connectivity index (χ2v) is 7.16. The molecule has 1 saturated heterocycles. The first kappa shape index (κ1) is 16.2. The van der Waals surface area contributed by atoms with Gasteiger partial charge in [0.1, 0.15) is 0 Å². The molecule has 1 saturated carbocycles. The van der Waals surface area contributed by atoms with E-state index in [9.17, 15) is 0 Å². The number of morpholine rings is 1. The van der Waals surface area contributed by atoms with E-state index in [1.54, 1.807) is 0 Å². The van der Waals surface area contributed by atoms with Gasteiger partial charge in [-0.1, -0.05) is 12.2 Å². The molecule has 124 valence electrons. The van der Waals surface area contributed by atoms with E-state index in [1.165, 1.54) is 32.1 Å². The van der Waals surface area contributed by atoms with Gasteiger partial charge in [0.05, 0.1) is 13.2 Å². The smallest absolute Gasteiger partial charge is 0.169 e. The molecule has 1 heterocycles. The van der Waals surface area contributed by atoms with Gasteiger partial charge in [-0.3, -0.25) is 4.90 Å². The molecule has 2 fully saturated rings. The molecule has 0 aromatic carbocycles. The third-order valence-electron chi connectivity index (χ3n) is 4.84. The summed E-state index contributed by atoms with van der Waals surface area (Å²) in [4.78, 5) is 4.92. The summed E-state index contributed by atoms with van der Waals surface area (Å²) in [7, 11) is 0. The molecular formula is C17H29N3OS. The highest BCUT2D eigenvalue weighted by Crippen LogP contribution is 2.21. The van der Waals surface area contributed by atoms with Crippen molar-refractivity contribution in [3.05, 3.63) is 12.2 Å². The van der Waals surface area contributed by atoms with Gasteiger partial charge in [0, 0.05) is 38.8 Å². The Balaban J connectivity index is 1.49. The number of nitrogens with one attached hydrogen (secondary N) is 1. The first-order chi connectivity index (χ1) is 10.8. The number of ether oxygens (including phenoxy) is 1. The number of thiocarbonyl (C=S) groups is 1. The van der Waals surface area contributed by atoms with Gasteiger partial charge in [0.15, 0.2) is 5.11 Å². The van der Waals surface area contributed by atoms with Gasteiger partial charge in [-0.25, -0.2) is 0 Å². The Hall–Kier alpha value is -0.650. The van der Waals surface area contributed by atoms with E-state index in [-0.39, 0.29) is 0 Å². The second kappa shape index (κ2) is 8.27. The van der Waals surface area contributed by atoms with Crippen LogP contribution in [-0.4, -0.2) is 66.9 Å². The fourth-order valence-corrected chi connectivity index (χ4v) is 3.52. The van der Waals surface area contributed by atoms with Crippen LogP contribution >= 0.6 is 12.2 Å². The third-order valence-corrected chi connectivity index (χ3v) is 5.21. The number of rotatable bonds is 6. The van der Waals surface area contributed by atoms with Crippen molar-refractivity contribution in [3.8, 4) is 0 Å². The van der Waals surface area contributed by atoms with Crippen LogP contribution in [0.3, 0.4) is 0 Å². The number of allylic oxidation sites excluding steroid dienone is 2. The Morgan fingerprint density at radius 2 is 2.05 bits per heavy atom. The summed E-state index contributed by atoms with van der Waals surface area (Å²) in [5.74, 6) is 0.758. The van der Waals surface area contributed by atoms with Gasteiger partial charge < -0.3 is 15.0 Å². The van der Waals surface area contributed by atoms with Crippen molar-refractivity contribution in [2.45, 2.75) is 38.1 Å². The Bertz CT molecular complexity index is 391. The topological polar surface area (TPSA) is 27.7 Å². The van der Waals surface area contributed by atoms with Gasteiger partial charge in [0.25, 0.3) is 0 Å². The van der Waals surface area contributed by atoms with Crippen LogP contribution in [0.1, 0.15) is 32.1 Å². The summed E-state index contributed by atoms with van der Waals surface area (Å²) in [6.07, 6.45) is 11.0. The molecule has 0 bridgehead atoms. The molecule has 1 atom stereocenters. The van der Waals surface area contributed by atoms with E-state index in [2.05, 4.69) is 27.3 Å². The lowest BCUT2D eigenvalue weighted by atomic mass is 9.94. The highest BCUT2D eigenvalue weighted by Gasteiger charge is 2.25. The predicted molar refractivity (Wildman–Crippen MR) is 94.1 cm³/mol. The molecule has 0 radical (unpaired) electrons. The number of hydrogen-bond donors (Lipinski definition) is 1. The van der Waals surface area contributed by atoms with Gasteiger partial charge in [-0.2, -0.15) is 0 Å². The molecule has 1 aliphatic heterocycles. The van der Waals surface area contributed by atoms with Gasteiger partial charge in [-0.15, -0.1) is 0 Å². The highest BCUT2D eigenvalue weighted by atomic mass is 32.1. The zero-order valence-corrected chi connectivity index (χ0v) is 14.3. The largest absolute Gasteiger partial charge is 0.379 e. The molecule has 4 nitrogen and oxygen atoms in total. The summed E-state index contributed by atoms with van der Waals surface area (Å²) in [6.45, 7) is 7.10. The minimum absolute atomic E-state index is 0.643. The summed E-state index contributed by atoms with van der Waals surface area (Å²) in [6, 6.07) is 0.643. The van der Waals surface area contributed by atoms with Crippen LogP contribution in [0, 0.1) is 5.92 Å². The zero-order chi connectivity index (χ0) is 15.2. The maximum atomic E-state index is 5.68. The fourth-order valence-electron chi connectivity index (χ4n) is 3.19. The van der Waals surface area contributed by atoms with Gasteiger partial charge >= 0.3 is 0 Å². The van der Waals surface area contributed by atoms with E-state index in [1.807, 2.05) is 0 Å². The van der Waals surface area contributed by atoms with E-state index in [4.69, 9.17) is 17.0 Å². The lowest BCUT2D eigenvalue weighted by Crippen LogP contribution is -2.48. The highest BCUT2D eigenvalue weighted by molar-refractivity contribution is 7.80. The molecule has 1 unspecified atom stereocenters. The monoisotopic (exact) mass is 323 g/mol. The predicted octanol–water partition coefficient (Wildman–Crippen LogP) is 2.01. The Morgan fingerprint density at radius 1 is 1.23 bits per heavy atom. The van der Waals surface area contributed by atoms with Crippen molar-refractivity contribution in [2.75, 3.05) is 45.9 Å². The molecule has 0 aromatic heterocycles. The molecule has 0 spiro atoms. The quantitative estimate of drug-likeness (QED) is 0.596. The van der Waals surface area contributed by atoms with Crippen molar-refractivity contribution in [2.24, 2.45) is 5.92 Å². The van der Waals surface area contributed by atoms with E-state index < -0.39 is 0 Å². The summed E-state index contributed by atoms with van der Waals surface area (Å²) < 4.78 is 5.44. The fraction of sp³-hybridized carbons (Fsp3) is 0.824. The molecule has 0 aromatic rings. The summed E-state index contributed by atoms with van der Waals surface area (Å²) in [5, 5.41) is 4.50. The van der Waals surface area contributed by atoms with Gasteiger partial charge in [0.2, 0.25) is 0 Å².